The molecule has 1 aliphatic rings. The van der Waals surface area contributed by atoms with Crippen LogP contribution < -0.4 is 5.32 Å². The number of hydrogen-bond donors (Lipinski definition) is 1. The van der Waals surface area contributed by atoms with Crippen molar-refractivity contribution in [3.8, 4) is 0 Å². The lowest BCUT2D eigenvalue weighted by molar-refractivity contribution is -0.116. The van der Waals surface area contributed by atoms with Crippen LogP contribution in [0.2, 0.25) is 0 Å². The van der Waals surface area contributed by atoms with Crippen LogP contribution in [0, 0.1) is 0 Å². The fraction of sp³-hybridized carbons (Fsp3) is 0.636. The minimum absolute atomic E-state index is 0.212. The SMILES string of the molecule is CC(=O)Cc1cnc(CC2CCCN2)s1. The highest BCUT2D eigenvalue weighted by Crippen LogP contribution is 2.18. The van der Waals surface area contributed by atoms with E-state index in [1.165, 1.54) is 12.8 Å². The maximum absolute atomic E-state index is 10.9. The van der Waals surface area contributed by atoms with Gasteiger partial charge in [0.15, 0.2) is 0 Å². The van der Waals surface area contributed by atoms with Crippen LogP contribution in [0.5, 0.6) is 0 Å². The predicted octanol–water partition coefficient (Wildman–Crippen LogP) is 1.57. The van der Waals surface area contributed by atoms with Gasteiger partial charge < -0.3 is 5.32 Å². The van der Waals surface area contributed by atoms with E-state index in [2.05, 4.69) is 10.3 Å². The highest BCUT2D eigenvalue weighted by molar-refractivity contribution is 7.11. The number of Topliss-reactive ketones (excluding diaryl/α,β-unsaturated/α-hetero) is 1. The highest BCUT2D eigenvalue weighted by Gasteiger charge is 2.16. The van der Waals surface area contributed by atoms with Gasteiger partial charge in [-0.05, 0) is 26.3 Å². The zero-order chi connectivity index (χ0) is 10.7. The van der Waals surface area contributed by atoms with Gasteiger partial charge in [-0.3, -0.25) is 4.79 Å². The Kier molecular flexibility index (Phi) is 3.49. The molecule has 2 heterocycles. The van der Waals surface area contributed by atoms with E-state index in [0.29, 0.717) is 12.5 Å². The number of nitrogens with one attached hydrogen (secondary N) is 1. The average Bonchev–Trinajstić information content (AvgIpc) is 2.77. The van der Waals surface area contributed by atoms with Crippen LogP contribution >= 0.6 is 11.3 Å². The summed E-state index contributed by atoms with van der Waals surface area (Å²) in [7, 11) is 0. The Morgan fingerprint density at radius 3 is 3.27 bits per heavy atom. The summed E-state index contributed by atoms with van der Waals surface area (Å²) in [5.74, 6) is 0.212. The summed E-state index contributed by atoms with van der Waals surface area (Å²) in [6.07, 6.45) is 5.92. The molecule has 0 bridgehead atoms. The standard InChI is InChI=1S/C11H16N2OS/c1-8(14)5-10-7-13-11(15-10)6-9-3-2-4-12-9/h7,9,12H,2-6H2,1H3. The van der Waals surface area contributed by atoms with Gasteiger partial charge in [0.25, 0.3) is 0 Å². The molecule has 15 heavy (non-hydrogen) atoms. The molecule has 0 spiro atoms. The Morgan fingerprint density at radius 2 is 2.60 bits per heavy atom. The van der Waals surface area contributed by atoms with Gasteiger partial charge in [0.05, 0.1) is 5.01 Å². The van der Waals surface area contributed by atoms with Crippen LogP contribution in [-0.4, -0.2) is 23.4 Å². The Hall–Kier alpha value is -0.740. The van der Waals surface area contributed by atoms with Crippen molar-refractivity contribution >= 4 is 17.1 Å². The molecule has 1 aromatic rings. The molecule has 1 atom stereocenters. The quantitative estimate of drug-likeness (QED) is 0.844. The number of aromatic nitrogens is 1. The van der Waals surface area contributed by atoms with Crippen molar-refractivity contribution in [3.63, 3.8) is 0 Å². The molecular formula is C11H16N2OS. The van der Waals surface area contributed by atoms with E-state index >= 15 is 0 Å². The van der Waals surface area contributed by atoms with E-state index in [9.17, 15) is 4.79 Å². The Labute approximate surface area is 93.9 Å². The zero-order valence-electron chi connectivity index (χ0n) is 8.95. The Balaban J connectivity index is 1.91. The number of ketones is 1. The van der Waals surface area contributed by atoms with Crippen LogP contribution in [-0.2, 0) is 17.6 Å². The van der Waals surface area contributed by atoms with Crippen molar-refractivity contribution in [2.75, 3.05) is 6.54 Å². The van der Waals surface area contributed by atoms with Crippen molar-refractivity contribution in [3.05, 3.63) is 16.1 Å². The summed E-state index contributed by atoms with van der Waals surface area (Å²) < 4.78 is 0. The second-order valence-corrected chi connectivity index (χ2v) is 5.30. The zero-order valence-corrected chi connectivity index (χ0v) is 9.77. The average molecular weight is 224 g/mol. The third kappa shape index (κ3) is 3.11. The molecule has 1 fully saturated rings. The monoisotopic (exact) mass is 224 g/mol. The van der Waals surface area contributed by atoms with Crippen molar-refractivity contribution < 1.29 is 4.79 Å². The number of carbonyl (C=O) groups is 1. The van der Waals surface area contributed by atoms with Crippen molar-refractivity contribution in [2.24, 2.45) is 0 Å². The molecule has 0 aromatic carbocycles. The molecule has 1 saturated heterocycles. The second kappa shape index (κ2) is 4.86. The van der Waals surface area contributed by atoms with Crippen LogP contribution in [0.25, 0.3) is 0 Å². The number of rotatable bonds is 4. The van der Waals surface area contributed by atoms with Crippen LogP contribution in [0.15, 0.2) is 6.20 Å². The van der Waals surface area contributed by atoms with Gasteiger partial charge in [0, 0.05) is 30.0 Å². The van der Waals surface area contributed by atoms with Gasteiger partial charge in [-0.2, -0.15) is 0 Å². The maximum atomic E-state index is 10.9. The van der Waals surface area contributed by atoms with E-state index < -0.39 is 0 Å². The maximum Gasteiger partial charge on any atom is 0.135 e. The second-order valence-electron chi connectivity index (χ2n) is 4.10. The van der Waals surface area contributed by atoms with E-state index in [4.69, 9.17) is 0 Å². The summed E-state index contributed by atoms with van der Waals surface area (Å²) >= 11 is 1.68. The van der Waals surface area contributed by atoms with Gasteiger partial charge in [-0.15, -0.1) is 11.3 Å². The summed E-state index contributed by atoms with van der Waals surface area (Å²) in [5, 5.41) is 4.61. The molecule has 3 nitrogen and oxygen atoms in total. The summed E-state index contributed by atoms with van der Waals surface area (Å²) in [4.78, 5) is 16.4. The van der Waals surface area contributed by atoms with Crippen molar-refractivity contribution in [1.82, 2.24) is 10.3 Å². The van der Waals surface area contributed by atoms with Crippen molar-refractivity contribution in [1.29, 1.82) is 0 Å². The first-order valence-electron chi connectivity index (χ1n) is 5.40. The fourth-order valence-corrected chi connectivity index (χ4v) is 2.98. The molecule has 1 N–H and O–H groups in total. The number of nitrogens with zero attached hydrogens (tertiary/aromatic N) is 1. The van der Waals surface area contributed by atoms with Gasteiger partial charge in [0.1, 0.15) is 5.78 Å². The molecule has 2 rings (SSSR count). The lowest BCUT2D eigenvalue weighted by Crippen LogP contribution is -2.23. The third-order valence-electron chi connectivity index (χ3n) is 2.61. The predicted molar refractivity (Wildman–Crippen MR) is 61.2 cm³/mol. The minimum Gasteiger partial charge on any atom is -0.314 e. The number of thiazole rings is 1. The molecule has 4 heteroatoms. The first-order valence-corrected chi connectivity index (χ1v) is 6.22. The minimum atomic E-state index is 0.212. The van der Waals surface area contributed by atoms with Crippen LogP contribution in [0.3, 0.4) is 0 Å². The van der Waals surface area contributed by atoms with Gasteiger partial charge >= 0.3 is 0 Å². The molecule has 0 amide bonds. The van der Waals surface area contributed by atoms with Gasteiger partial charge in [-0.25, -0.2) is 4.98 Å². The highest BCUT2D eigenvalue weighted by atomic mass is 32.1. The fourth-order valence-electron chi connectivity index (χ4n) is 1.91. The lowest BCUT2D eigenvalue weighted by atomic mass is 10.2. The topological polar surface area (TPSA) is 42.0 Å². The first-order chi connectivity index (χ1) is 7.24. The lowest BCUT2D eigenvalue weighted by Gasteiger charge is -2.05. The smallest absolute Gasteiger partial charge is 0.135 e. The summed E-state index contributed by atoms with van der Waals surface area (Å²) in [5.41, 5.74) is 0. The third-order valence-corrected chi connectivity index (χ3v) is 3.63. The Bertz CT molecular complexity index is 342. The van der Waals surface area contributed by atoms with Gasteiger partial charge in [0.2, 0.25) is 0 Å². The van der Waals surface area contributed by atoms with Crippen LogP contribution in [0.1, 0.15) is 29.7 Å². The van der Waals surface area contributed by atoms with Crippen LogP contribution in [0.4, 0.5) is 0 Å². The van der Waals surface area contributed by atoms with E-state index in [1.807, 2.05) is 6.20 Å². The molecule has 1 aliphatic heterocycles. The molecule has 0 saturated carbocycles. The van der Waals surface area contributed by atoms with Gasteiger partial charge in [-0.1, -0.05) is 0 Å². The molecule has 1 unspecified atom stereocenters. The molecule has 82 valence electrons. The summed E-state index contributed by atoms with van der Waals surface area (Å²) in [6, 6.07) is 0.598. The Morgan fingerprint density at radius 1 is 1.73 bits per heavy atom. The first kappa shape index (κ1) is 10.8. The van der Waals surface area contributed by atoms with E-state index in [1.54, 1.807) is 18.3 Å². The normalized spacial score (nSPS) is 20.7. The summed E-state index contributed by atoms with van der Waals surface area (Å²) in [6.45, 7) is 2.76. The molecule has 1 aromatic heterocycles. The number of hydrogen-bond acceptors (Lipinski definition) is 4. The largest absolute Gasteiger partial charge is 0.314 e. The van der Waals surface area contributed by atoms with E-state index in [-0.39, 0.29) is 5.78 Å². The number of carbonyl (C=O) groups excluding carboxylic acids is 1. The van der Waals surface area contributed by atoms with E-state index in [0.717, 1.165) is 22.9 Å². The molecule has 0 radical (unpaired) electrons. The van der Waals surface area contributed by atoms with Crippen molar-refractivity contribution in [2.45, 2.75) is 38.6 Å². The molecular weight excluding hydrogens is 208 g/mol. The molecule has 0 aliphatic carbocycles.